The van der Waals surface area contributed by atoms with Crippen molar-refractivity contribution >= 4 is 11.8 Å². The lowest BCUT2D eigenvalue weighted by atomic mass is 10.1. The summed E-state index contributed by atoms with van der Waals surface area (Å²) in [5, 5.41) is 2.68. The van der Waals surface area contributed by atoms with Crippen LogP contribution in [0.25, 0.3) is 0 Å². The number of carbonyl (C=O) groups excluding carboxylic acids is 2. The molecule has 1 atom stereocenters. The zero-order chi connectivity index (χ0) is 11.3. The van der Waals surface area contributed by atoms with Crippen LogP contribution in [-0.2, 0) is 9.59 Å². The summed E-state index contributed by atoms with van der Waals surface area (Å²) in [4.78, 5) is 24.3. The molecule has 0 aromatic carbocycles. The van der Waals surface area contributed by atoms with Crippen LogP contribution in [-0.4, -0.2) is 42.4 Å². The average Bonchev–Trinajstić information content (AvgIpc) is 2.18. The van der Waals surface area contributed by atoms with E-state index in [4.69, 9.17) is 5.73 Å². The van der Waals surface area contributed by atoms with Gasteiger partial charge >= 0.3 is 0 Å². The molecule has 3 N–H and O–H groups in total. The molecule has 0 bridgehead atoms. The molecule has 86 valence electrons. The lowest BCUT2D eigenvalue weighted by molar-refractivity contribution is -0.138. The Morgan fingerprint density at radius 1 is 1.67 bits per heavy atom. The van der Waals surface area contributed by atoms with E-state index in [1.165, 1.54) is 0 Å². The SMILES string of the molecule is CCCC(N)CC(=O)N1CCNC(=O)C1. The van der Waals surface area contributed by atoms with E-state index in [0.29, 0.717) is 19.5 Å². The van der Waals surface area contributed by atoms with Gasteiger partial charge in [0.15, 0.2) is 0 Å². The monoisotopic (exact) mass is 213 g/mol. The van der Waals surface area contributed by atoms with Gasteiger partial charge in [0.1, 0.15) is 0 Å². The number of piperazine rings is 1. The van der Waals surface area contributed by atoms with Crippen LogP contribution in [0.15, 0.2) is 0 Å². The predicted molar refractivity (Wildman–Crippen MR) is 57.1 cm³/mol. The van der Waals surface area contributed by atoms with E-state index in [1.807, 2.05) is 6.92 Å². The van der Waals surface area contributed by atoms with Gasteiger partial charge in [-0.3, -0.25) is 9.59 Å². The van der Waals surface area contributed by atoms with E-state index >= 15 is 0 Å². The molecule has 0 spiro atoms. The highest BCUT2D eigenvalue weighted by Gasteiger charge is 2.22. The normalized spacial score (nSPS) is 18.5. The molecule has 1 aliphatic rings. The number of nitrogens with two attached hydrogens (primary N) is 1. The van der Waals surface area contributed by atoms with Gasteiger partial charge in [-0.1, -0.05) is 13.3 Å². The topological polar surface area (TPSA) is 75.4 Å². The van der Waals surface area contributed by atoms with Crippen molar-refractivity contribution in [2.24, 2.45) is 5.73 Å². The van der Waals surface area contributed by atoms with Gasteiger partial charge in [0, 0.05) is 25.6 Å². The third-order valence-electron chi connectivity index (χ3n) is 2.49. The van der Waals surface area contributed by atoms with Crippen LogP contribution >= 0.6 is 0 Å². The van der Waals surface area contributed by atoms with Gasteiger partial charge < -0.3 is 16.0 Å². The molecule has 2 amide bonds. The van der Waals surface area contributed by atoms with Crippen LogP contribution in [0.1, 0.15) is 26.2 Å². The number of carbonyl (C=O) groups is 2. The lowest BCUT2D eigenvalue weighted by Crippen LogP contribution is -2.50. The molecular weight excluding hydrogens is 194 g/mol. The molecule has 1 saturated heterocycles. The van der Waals surface area contributed by atoms with Gasteiger partial charge in [0.2, 0.25) is 11.8 Å². The van der Waals surface area contributed by atoms with E-state index in [9.17, 15) is 9.59 Å². The summed E-state index contributed by atoms with van der Waals surface area (Å²) >= 11 is 0. The van der Waals surface area contributed by atoms with Crippen molar-refractivity contribution in [1.29, 1.82) is 0 Å². The van der Waals surface area contributed by atoms with Crippen molar-refractivity contribution in [2.75, 3.05) is 19.6 Å². The van der Waals surface area contributed by atoms with E-state index in [0.717, 1.165) is 12.8 Å². The Bertz CT molecular complexity index is 243. The number of nitrogens with one attached hydrogen (secondary N) is 1. The largest absolute Gasteiger partial charge is 0.353 e. The molecule has 1 aliphatic heterocycles. The van der Waals surface area contributed by atoms with Crippen LogP contribution in [0.3, 0.4) is 0 Å². The Morgan fingerprint density at radius 3 is 3.00 bits per heavy atom. The maximum absolute atomic E-state index is 11.7. The minimum absolute atomic E-state index is 0.00852. The minimum Gasteiger partial charge on any atom is -0.353 e. The Kier molecular flexibility index (Phi) is 4.55. The molecule has 0 aromatic rings. The van der Waals surface area contributed by atoms with E-state index in [2.05, 4.69) is 5.32 Å². The summed E-state index contributed by atoms with van der Waals surface area (Å²) in [6.07, 6.45) is 2.18. The predicted octanol–water partition coefficient (Wildman–Crippen LogP) is -0.538. The molecule has 5 nitrogen and oxygen atoms in total. The first-order valence-corrected chi connectivity index (χ1v) is 5.43. The van der Waals surface area contributed by atoms with Crippen LogP contribution in [0, 0.1) is 0 Å². The van der Waals surface area contributed by atoms with Gasteiger partial charge in [-0.05, 0) is 6.42 Å². The minimum atomic E-state index is -0.0846. The smallest absolute Gasteiger partial charge is 0.239 e. The quantitative estimate of drug-likeness (QED) is 0.658. The Hall–Kier alpha value is -1.10. The second-order valence-corrected chi connectivity index (χ2v) is 3.92. The number of hydrogen-bond donors (Lipinski definition) is 2. The van der Waals surface area contributed by atoms with Gasteiger partial charge in [-0.2, -0.15) is 0 Å². The number of nitrogens with zero attached hydrogens (tertiary/aromatic N) is 1. The molecule has 1 fully saturated rings. The Balaban J connectivity index is 2.35. The second-order valence-electron chi connectivity index (χ2n) is 3.92. The lowest BCUT2D eigenvalue weighted by Gasteiger charge is -2.27. The van der Waals surface area contributed by atoms with Crippen molar-refractivity contribution in [3.63, 3.8) is 0 Å². The fourth-order valence-corrected chi connectivity index (χ4v) is 1.68. The zero-order valence-corrected chi connectivity index (χ0v) is 9.16. The van der Waals surface area contributed by atoms with E-state index < -0.39 is 0 Å². The summed E-state index contributed by atoms with van der Waals surface area (Å²) in [7, 11) is 0. The highest BCUT2D eigenvalue weighted by molar-refractivity contribution is 5.86. The van der Waals surface area contributed by atoms with Gasteiger partial charge in [-0.25, -0.2) is 0 Å². The van der Waals surface area contributed by atoms with E-state index in [-0.39, 0.29) is 24.4 Å². The van der Waals surface area contributed by atoms with Gasteiger partial charge in [0.25, 0.3) is 0 Å². The fourth-order valence-electron chi connectivity index (χ4n) is 1.68. The third kappa shape index (κ3) is 3.87. The van der Waals surface area contributed by atoms with Crippen LogP contribution in [0.4, 0.5) is 0 Å². The standard InChI is InChI=1S/C10H19N3O2/c1-2-3-8(11)6-10(15)13-5-4-12-9(14)7-13/h8H,2-7,11H2,1H3,(H,12,14). The zero-order valence-electron chi connectivity index (χ0n) is 9.16. The average molecular weight is 213 g/mol. The Morgan fingerprint density at radius 2 is 2.40 bits per heavy atom. The molecule has 0 aromatic heterocycles. The first-order chi connectivity index (χ1) is 7.13. The molecule has 0 aliphatic carbocycles. The van der Waals surface area contributed by atoms with Crippen LogP contribution in [0.5, 0.6) is 0 Å². The maximum atomic E-state index is 11.7. The van der Waals surface area contributed by atoms with Crippen LogP contribution < -0.4 is 11.1 Å². The molecule has 0 saturated carbocycles. The first-order valence-electron chi connectivity index (χ1n) is 5.43. The van der Waals surface area contributed by atoms with Crippen molar-refractivity contribution in [1.82, 2.24) is 10.2 Å². The van der Waals surface area contributed by atoms with Gasteiger partial charge in [-0.15, -0.1) is 0 Å². The summed E-state index contributed by atoms with van der Waals surface area (Å²) in [6.45, 7) is 3.37. The molecule has 1 rings (SSSR count). The third-order valence-corrected chi connectivity index (χ3v) is 2.49. The van der Waals surface area contributed by atoms with Gasteiger partial charge in [0.05, 0.1) is 6.54 Å². The Labute approximate surface area is 90.0 Å². The number of amides is 2. The van der Waals surface area contributed by atoms with Crippen molar-refractivity contribution in [2.45, 2.75) is 32.2 Å². The first kappa shape index (κ1) is 12.0. The summed E-state index contributed by atoms with van der Waals surface area (Å²) < 4.78 is 0. The van der Waals surface area contributed by atoms with E-state index in [1.54, 1.807) is 4.90 Å². The van der Waals surface area contributed by atoms with Crippen LogP contribution in [0.2, 0.25) is 0 Å². The molecule has 0 radical (unpaired) electrons. The fraction of sp³-hybridized carbons (Fsp3) is 0.800. The summed E-state index contributed by atoms with van der Waals surface area (Å²) in [5.41, 5.74) is 5.78. The molecule has 1 unspecified atom stereocenters. The summed E-state index contributed by atoms with van der Waals surface area (Å²) in [5.74, 6) is -0.0931. The van der Waals surface area contributed by atoms with Crippen molar-refractivity contribution in [3.05, 3.63) is 0 Å². The van der Waals surface area contributed by atoms with Crippen molar-refractivity contribution in [3.8, 4) is 0 Å². The molecule has 1 heterocycles. The number of rotatable bonds is 4. The van der Waals surface area contributed by atoms with Crippen molar-refractivity contribution < 1.29 is 9.59 Å². The maximum Gasteiger partial charge on any atom is 0.239 e. The highest BCUT2D eigenvalue weighted by atomic mass is 16.2. The number of hydrogen-bond acceptors (Lipinski definition) is 3. The summed E-state index contributed by atoms with van der Waals surface area (Å²) in [6, 6.07) is -0.0764. The second kappa shape index (κ2) is 5.70. The molecular formula is C10H19N3O2. The molecule has 15 heavy (non-hydrogen) atoms. The molecule has 5 heteroatoms. The highest BCUT2D eigenvalue weighted by Crippen LogP contribution is 2.03.